The summed E-state index contributed by atoms with van der Waals surface area (Å²) in [7, 11) is 0. The first-order valence-electron chi connectivity index (χ1n) is 8.37. The van der Waals surface area contributed by atoms with Gasteiger partial charge in [-0.25, -0.2) is 4.39 Å². The van der Waals surface area contributed by atoms with Crippen LogP contribution in [0, 0.1) is 12.7 Å². The number of carbonyl (C=O) groups is 2. The minimum atomic E-state index is -1.04. The minimum Gasteiger partial charge on any atom is -0.481 e. The molecule has 5 nitrogen and oxygen atoms in total. The average Bonchev–Trinajstić information content (AvgIpc) is 3.02. The van der Waals surface area contributed by atoms with Crippen molar-refractivity contribution in [2.75, 3.05) is 13.2 Å². The molecule has 6 heteroatoms. The van der Waals surface area contributed by atoms with Gasteiger partial charge in [-0.2, -0.15) is 0 Å². The van der Waals surface area contributed by atoms with Crippen LogP contribution in [-0.4, -0.2) is 35.7 Å². The zero-order valence-electron chi connectivity index (χ0n) is 14.4. The van der Waals surface area contributed by atoms with E-state index in [1.807, 2.05) is 31.2 Å². The third-order valence-corrected chi connectivity index (χ3v) is 4.57. The van der Waals surface area contributed by atoms with Gasteiger partial charge in [-0.1, -0.05) is 35.9 Å². The van der Waals surface area contributed by atoms with Gasteiger partial charge in [-0.3, -0.25) is 9.59 Å². The number of carbonyl (C=O) groups excluding carboxylic acids is 1. The SMILES string of the molecule is Cc1ccc(-c2ccc(C(=O)NC3(CC(=O)O)CCOC3)c(F)c2)cc1. The molecule has 2 aromatic rings. The molecule has 1 atom stereocenters. The Bertz CT molecular complexity index is 826. The summed E-state index contributed by atoms with van der Waals surface area (Å²) in [5.41, 5.74) is 1.52. The van der Waals surface area contributed by atoms with Crippen LogP contribution in [0.3, 0.4) is 0 Å². The highest BCUT2D eigenvalue weighted by atomic mass is 19.1. The van der Waals surface area contributed by atoms with E-state index in [1.165, 1.54) is 12.1 Å². The third kappa shape index (κ3) is 3.91. The van der Waals surface area contributed by atoms with Crippen molar-refractivity contribution < 1.29 is 23.8 Å². The first-order chi connectivity index (χ1) is 12.4. The van der Waals surface area contributed by atoms with Crippen LogP contribution in [0.2, 0.25) is 0 Å². The third-order valence-electron chi connectivity index (χ3n) is 4.57. The Labute approximate surface area is 150 Å². The van der Waals surface area contributed by atoms with Crippen molar-refractivity contribution in [1.29, 1.82) is 0 Å². The summed E-state index contributed by atoms with van der Waals surface area (Å²) in [4.78, 5) is 23.6. The quantitative estimate of drug-likeness (QED) is 0.862. The Morgan fingerprint density at radius 1 is 1.19 bits per heavy atom. The van der Waals surface area contributed by atoms with E-state index in [-0.39, 0.29) is 18.6 Å². The second-order valence-corrected chi connectivity index (χ2v) is 6.67. The molecule has 2 N–H and O–H groups in total. The fourth-order valence-electron chi connectivity index (χ4n) is 3.11. The monoisotopic (exact) mass is 357 g/mol. The van der Waals surface area contributed by atoms with Crippen molar-refractivity contribution in [2.24, 2.45) is 0 Å². The first kappa shape index (κ1) is 18.1. The van der Waals surface area contributed by atoms with Crippen molar-refractivity contribution in [3.8, 4) is 11.1 Å². The molecule has 0 radical (unpaired) electrons. The molecule has 0 aromatic heterocycles. The van der Waals surface area contributed by atoms with Crippen molar-refractivity contribution in [3.05, 3.63) is 59.4 Å². The molecule has 0 spiro atoms. The number of aliphatic carboxylic acids is 1. The predicted molar refractivity (Wildman–Crippen MR) is 94.5 cm³/mol. The summed E-state index contributed by atoms with van der Waals surface area (Å²) >= 11 is 0. The fraction of sp³-hybridized carbons (Fsp3) is 0.300. The molecule has 2 aromatic carbocycles. The van der Waals surface area contributed by atoms with E-state index in [0.717, 1.165) is 11.1 Å². The lowest BCUT2D eigenvalue weighted by Crippen LogP contribution is -2.50. The normalized spacial score (nSPS) is 19.3. The van der Waals surface area contributed by atoms with Crippen LogP contribution in [0.15, 0.2) is 42.5 Å². The van der Waals surface area contributed by atoms with Gasteiger partial charge in [0.15, 0.2) is 0 Å². The lowest BCUT2D eigenvalue weighted by molar-refractivity contribution is -0.138. The van der Waals surface area contributed by atoms with Gasteiger partial charge in [0, 0.05) is 6.61 Å². The number of aryl methyl sites for hydroxylation is 1. The zero-order chi connectivity index (χ0) is 18.7. The molecule has 0 saturated carbocycles. The summed E-state index contributed by atoms with van der Waals surface area (Å²) in [6.07, 6.45) is 0.121. The standard InChI is InChI=1S/C20H20FNO4/c1-13-2-4-14(5-3-13)15-6-7-16(17(21)10-15)19(25)22-20(11-18(23)24)8-9-26-12-20/h2-7,10H,8-9,11-12H2,1H3,(H,22,25)(H,23,24). The number of halogens is 1. The van der Waals surface area contributed by atoms with Crippen LogP contribution >= 0.6 is 0 Å². The molecule has 1 amide bonds. The highest BCUT2D eigenvalue weighted by molar-refractivity contribution is 5.95. The largest absolute Gasteiger partial charge is 0.481 e. The number of hydrogen-bond donors (Lipinski definition) is 2. The summed E-state index contributed by atoms with van der Waals surface area (Å²) in [6, 6.07) is 12.1. The van der Waals surface area contributed by atoms with E-state index >= 15 is 0 Å². The van der Waals surface area contributed by atoms with Gasteiger partial charge in [0.25, 0.3) is 5.91 Å². The summed E-state index contributed by atoms with van der Waals surface area (Å²) < 4.78 is 19.8. The molecule has 1 unspecified atom stereocenters. The van der Waals surface area contributed by atoms with Crippen LogP contribution in [-0.2, 0) is 9.53 Å². The van der Waals surface area contributed by atoms with Crippen molar-refractivity contribution in [3.63, 3.8) is 0 Å². The summed E-state index contributed by atoms with van der Waals surface area (Å²) in [5.74, 6) is -2.32. The van der Waals surface area contributed by atoms with Crippen molar-refractivity contribution >= 4 is 11.9 Å². The van der Waals surface area contributed by atoms with Crippen LogP contribution in [0.5, 0.6) is 0 Å². The maximum Gasteiger partial charge on any atom is 0.305 e. The summed E-state index contributed by atoms with van der Waals surface area (Å²) in [6.45, 7) is 2.44. The Morgan fingerprint density at radius 2 is 1.88 bits per heavy atom. The van der Waals surface area contributed by atoms with Gasteiger partial charge in [0.05, 0.1) is 24.1 Å². The fourth-order valence-corrected chi connectivity index (χ4v) is 3.11. The second kappa shape index (κ2) is 7.25. The number of nitrogens with one attached hydrogen (secondary N) is 1. The molecule has 1 heterocycles. The van der Waals surface area contributed by atoms with Gasteiger partial charge >= 0.3 is 5.97 Å². The summed E-state index contributed by atoms with van der Waals surface area (Å²) in [5, 5.41) is 11.7. The second-order valence-electron chi connectivity index (χ2n) is 6.67. The lowest BCUT2D eigenvalue weighted by atomic mass is 9.93. The Morgan fingerprint density at radius 3 is 2.46 bits per heavy atom. The van der Waals surface area contributed by atoms with E-state index in [4.69, 9.17) is 9.84 Å². The van der Waals surface area contributed by atoms with Gasteiger partial charge in [-0.05, 0) is 36.6 Å². The van der Waals surface area contributed by atoms with Gasteiger partial charge in [-0.15, -0.1) is 0 Å². The maximum atomic E-state index is 14.5. The predicted octanol–water partition coefficient (Wildman–Crippen LogP) is 3.16. The zero-order valence-corrected chi connectivity index (χ0v) is 14.4. The van der Waals surface area contributed by atoms with E-state index < -0.39 is 23.2 Å². The Kier molecular flexibility index (Phi) is 5.04. The van der Waals surface area contributed by atoms with Crippen molar-refractivity contribution in [1.82, 2.24) is 5.32 Å². The van der Waals surface area contributed by atoms with Gasteiger partial charge < -0.3 is 15.2 Å². The first-order valence-corrected chi connectivity index (χ1v) is 8.37. The maximum absolute atomic E-state index is 14.5. The topological polar surface area (TPSA) is 75.6 Å². The molecule has 136 valence electrons. The highest BCUT2D eigenvalue weighted by Crippen LogP contribution is 2.25. The van der Waals surface area contributed by atoms with E-state index in [1.54, 1.807) is 6.07 Å². The number of benzene rings is 2. The smallest absolute Gasteiger partial charge is 0.305 e. The van der Waals surface area contributed by atoms with Gasteiger partial charge in [0.1, 0.15) is 5.82 Å². The number of rotatable bonds is 5. The number of carboxylic acid groups (broad SMARTS) is 1. The number of carboxylic acids is 1. The molecule has 1 aliphatic heterocycles. The number of ether oxygens (including phenoxy) is 1. The van der Waals surface area contributed by atoms with Gasteiger partial charge in [0.2, 0.25) is 0 Å². The van der Waals surface area contributed by atoms with E-state index in [0.29, 0.717) is 18.6 Å². The molecule has 1 fully saturated rings. The van der Waals surface area contributed by atoms with Crippen LogP contribution in [0.4, 0.5) is 4.39 Å². The van der Waals surface area contributed by atoms with E-state index in [9.17, 15) is 14.0 Å². The molecule has 1 saturated heterocycles. The molecule has 3 rings (SSSR count). The molecule has 0 bridgehead atoms. The van der Waals surface area contributed by atoms with Crippen LogP contribution < -0.4 is 5.32 Å². The Balaban J connectivity index is 1.81. The molecular formula is C20H20FNO4. The average molecular weight is 357 g/mol. The van der Waals surface area contributed by atoms with Crippen LogP contribution in [0.25, 0.3) is 11.1 Å². The lowest BCUT2D eigenvalue weighted by Gasteiger charge is -2.27. The number of amides is 1. The van der Waals surface area contributed by atoms with E-state index in [2.05, 4.69) is 5.32 Å². The Hall–Kier alpha value is -2.73. The molecular weight excluding hydrogens is 337 g/mol. The van der Waals surface area contributed by atoms with Crippen molar-refractivity contribution in [2.45, 2.75) is 25.3 Å². The van der Waals surface area contributed by atoms with Crippen LogP contribution in [0.1, 0.15) is 28.8 Å². The number of hydrogen-bond acceptors (Lipinski definition) is 3. The highest BCUT2D eigenvalue weighted by Gasteiger charge is 2.39. The molecule has 26 heavy (non-hydrogen) atoms. The minimum absolute atomic E-state index is 0.105. The molecule has 0 aliphatic carbocycles. The molecule has 1 aliphatic rings.